The summed E-state index contributed by atoms with van der Waals surface area (Å²) < 4.78 is 5.32. The lowest BCUT2D eigenvalue weighted by atomic mass is 9.95. The van der Waals surface area contributed by atoms with Gasteiger partial charge in [0.1, 0.15) is 17.3 Å². The molecule has 1 heterocycles. The molecule has 0 aliphatic carbocycles. The molecule has 0 spiro atoms. The second-order valence-corrected chi connectivity index (χ2v) is 6.67. The van der Waals surface area contributed by atoms with E-state index in [2.05, 4.69) is 15.6 Å². The molecule has 1 aromatic heterocycles. The summed E-state index contributed by atoms with van der Waals surface area (Å²) in [5, 5.41) is 5.39. The molecule has 2 rings (SSSR count). The molecular weight excluding hydrogens is 330 g/mol. The zero-order valence-corrected chi connectivity index (χ0v) is 15.4. The van der Waals surface area contributed by atoms with Gasteiger partial charge in [0.15, 0.2) is 0 Å². The highest BCUT2D eigenvalue weighted by molar-refractivity contribution is 6.08. The van der Waals surface area contributed by atoms with E-state index < -0.39 is 11.3 Å². The van der Waals surface area contributed by atoms with Crippen LogP contribution < -0.4 is 15.4 Å². The number of methoxy groups -OCH3 is 1. The van der Waals surface area contributed by atoms with Gasteiger partial charge in [-0.2, -0.15) is 0 Å². The van der Waals surface area contributed by atoms with Crippen molar-refractivity contribution in [3.05, 3.63) is 59.9 Å². The summed E-state index contributed by atoms with van der Waals surface area (Å²) in [5.41, 5.74) is 0.140. The molecule has 0 bridgehead atoms. The Kier molecular flexibility index (Phi) is 6.11. The highest BCUT2D eigenvalue weighted by Gasteiger charge is 2.24. The Morgan fingerprint density at radius 1 is 1.08 bits per heavy atom. The van der Waals surface area contributed by atoms with Crippen LogP contribution in [0.2, 0.25) is 0 Å². The topological polar surface area (TPSA) is 80.3 Å². The molecule has 0 unspecified atom stereocenters. The van der Waals surface area contributed by atoms with Gasteiger partial charge in [-0.15, -0.1) is 0 Å². The third-order valence-corrected chi connectivity index (χ3v) is 3.52. The minimum Gasteiger partial charge on any atom is -0.496 e. The average molecular weight is 353 g/mol. The van der Waals surface area contributed by atoms with Crippen molar-refractivity contribution in [3.8, 4) is 5.75 Å². The molecule has 2 amide bonds. The number of nitrogens with one attached hydrogen (secondary N) is 2. The van der Waals surface area contributed by atoms with Crippen LogP contribution in [0.1, 0.15) is 26.3 Å². The molecule has 136 valence electrons. The first-order valence-corrected chi connectivity index (χ1v) is 8.20. The maximum atomic E-state index is 12.7. The second kappa shape index (κ2) is 8.29. The van der Waals surface area contributed by atoms with Crippen LogP contribution in [0, 0.1) is 5.41 Å². The summed E-state index contributed by atoms with van der Waals surface area (Å²) in [5.74, 6) is 0.260. The molecule has 0 atom stereocenters. The first-order valence-electron chi connectivity index (χ1n) is 8.20. The number of pyridine rings is 1. The minimum atomic E-state index is -0.648. The fourth-order valence-electron chi connectivity index (χ4n) is 2.03. The number of benzene rings is 1. The molecule has 2 aromatic rings. The van der Waals surface area contributed by atoms with E-state index in [4.69, 9.17) is 4.74 Å². The summed E-state index contributed by atoms with van der Waals surface area (Å²) in [6.07, 6.45) is 3.16. The van der Waals surface area contributed by atoms with Gasteiger partial charge in [-0.05, 0) is 24.3 Å². The van der Waals surface area contributed by atoms with Crippen molar-refractivity contribution in [2.45, 2.75) is 20.8 Å². The molecule has 2 N–H and O–H groups in total. The van der Waals surface area contributed by atoms with Crippen LogP contribution in [0.15, 0.2) is 54.4 Å². The lowest BCUT2D eigenvalue weighted by molar-refractivity contribution is -0.128. The molecule has 0 saturated carbocycles. The van der Waals surface area contributed by atoms with Gasteiger partial charge in [0.2, 0.25) is 5.91 Å². The van der Waals surface area contributed by atoms with E-state index in [9.17, 15) is 9.59 Å². The third-order valence-electron chi connectivity index (χ3n) is 3.52. The molecule has 0 fully saturated rings. The van der Waals surface area contributed by atoms with Crippen LogP contribution in [0.3, 0.4) is 0 Å². The molecule has 0 saturated heterocycles. The Morgan fingerprint density at radius 2 is 1.77 bits per heavy atom. The van der Waals surface area contributed by atoms with Crippen molar-refractivity contribution in [2.75, 3.05) is 12.4 Å². The fraction of sp³-hybridized carbons (Fsp3) is 0.250. The summed E-state index contributed by atoms with van der Waals surface area (Å²) in [6.45, 7) is 5.33. The Morgan fingerprint density at radius 3 is 2.38 bits per heavy atom. The van der Waals surface area contributed by atoms with E-state index >= 15 is 0 Å². The molecular formula is C20H23N3O3. The summed E-state index contributed by atoms with van der Waals surface area (Å²) >= 11 is 0. The number of aromatic nitrogens is 1. The molecule has 0 aliphatic rings. The zero-order valence-electron chi connectivity index (χ0n) is 15.4. The van der Waals surface area contributed by atoms with Gasteiger partial charge in [-0.1, -0.05) is 45.0 Å². The fourth-order valence-corrected chi connectivity index (χ4v) is 2.03. The van der Waals surface area contributed by atoms with Crippen molar-refractivity contribution in [2.24, 2.45) is 5.41 Å². The highest BCUT2D eigenvalue weighted by Crippen LogP contribution is 2.21. The van der Waals surface area contributed by atoms with E-state index in [0.717, 1.165) is 0 Å². The van der Waals surface area contributed by atoms with Crippen molar-refractivity contribution < 1.29 is 14.3 Å². The molecule has 1 aromatic carbocycles. The second-order valence-electron chi connectivity index (χ2n) is 6.67. The van der Waals surface area contributed by atoms with Crippen molar-refractivity contribution in [1.29, 1.82) is 0 Å². The summed E-state index contributed by atoms with van der Waals surface area (Å²) in [6, 6.07) is 12.4. The minimum absolute atomic E-state index is 0.111. The number of rotatable bonds is 5. The number of para-hydroxylation sites is 1. The predicted molar refractivity (Wildman–Crippen MR) is 101 cm³/mol. The Bertz CT molecular complexity index is 809. The van der Waals surface area contributed by atoms with Gasteiger partial charge >= 0.3 is 0 Å². The molecule has 0 radical (unpaired) electrons. The van der Waals surface area contributed by atoms with Crippen molar-refractivity contribution in [3.63, 3.8) is 0 Å². The molecule has 6 nitrogen and oxygen atoms in total. The van der Waals surface area contributed by atoms with Crippen LogP contribution in [-0.4, -0.2) is 23.9 Å². The highest BCUT2D eigenvalue weighted by atomic mass is 16.5. The average Bonchev–Trinajstić information content (AvgIpc) is 2.61. The number of carbonyl (C=O) groups is 2. The lowest BCUT2D eigenvalue weighted by Crippen LogP contribution is -2.38. The van der Waals surface area contributed by atoms with Crippen molar-refractivity contribution in [1.82, 2.24) is 10.3 Å². The van der Waals surface area contributed by atoms with Gasteiger partial charge in [0, 0.05) is 17.2 Å². The normalized spacial score (nSPS) is 11.6. The molecule has 6 heteroatoms. The van der Waals surface area contributed by atoms with Crippen LogP contribution in [0.5, 0.6) is 5.75 Å². The Labute approximate surface area is 153 Å². The monoisotopic (exact) mass is 353 g/mol. The maximum absolute atomic E-state index is 12.7. The molecule has 26 heavy (non-hydrogen) atoms. The predicted octanol–water partition coefficient (Wildman–Crippen LogP) is 3.23. The van der Waals surface area contributed by atoms with E-state index in [1.165, 1.54) is 0 Å². The van der Waals surface area contributed by atoms with Gasteiger partial charge < -0.3 is 15.4 Å². The first kappa shape index (κ1) is 19.2. The Hall–Kier alpha value is -3.15. The quantitative estimate of drug-likeness (QED) is 0.809. The largest absolute Gasteiger partial charge is 0.496 e. The number of nitrogens with zero attached hydrogens (tertiary/aromatic N) is 1. The maximum Gasteiger partial charge on any atom is 0.273 e. The number of hydrogen-bond acceptors (Lipinski definition) is 4. The van der Waals surface area contributed by atoms with Gasteiger partial charge in [0.25, 0.3) is 5.91 Å². The lowest BCUT2D eigenvalue weighted by Gasteiger charge is -2.19. The number of hydrogen-bond donors (Lipinski definition) is 2. The first-order chi connectivity index (χ1) is 12.3. The van der Waals surface area contributed by atoms with Crippen LogP contribution >= 0.6 is 0 Å². The summed E-state index contributed by atoms with van der Waals surface area (Å²) in [7, 11) is 1.55. The number of carbonyl (C=O) groups excluding carboxylic acids is 2. The Balaban J connectivity index is 2.36. The number of ether oxygens (including phenoxy) is 1. The van der Waals surface area contributed by atoms with Crippen LogP contribution in [0.25, 0.3) is 6.08 Å². The van der Waals surface area contributed by atoms with Crippen LogP contribution in [0.4, 0.5) is 5.82 Å². The third kappa shape index (κ3) is 5.17. The van der Waals surface area contributed by atoms with E-state index in [0.29, 0.717) is 17.1 Å². The standard InChI is InChI=1S/C20H23N3O3/c1-20(2,3)19(25)22-15(13-14-9-5-6-10-16(14)26-4)18(24)23-17-11-7-8-12-21-17/h5-13H,1-4H3,(H,22,25)(H,21,23,24)/b15-13+. The van der Waals surface area contributed by atoms with Crippen molar-refractivity contribution >= 4 is 23.7 Å². The zero-order chi connectivity index (χ0) is 19.2. The number of anilines is 1. The van der Waals surface area contributed by atoms with Crippen LogP contribution in [-0.2, 0) is 9.59 Å². The smallest absolute Gasteiger partial charge is 0.273 e. The summed E-state index contributed by atoms with van der Waals surface area (Å²) in [4.78, 5) is 29.2. The van der Waals surface area contributed by atoms with Gasteiger partial charge in [0.05, 0.1) is 7.11 Å². The van der Waals surface area contributed by atoms with Gasteiger partial charge in [-0.3, -0.25) is 9.59 Å². The van der Waals surface area contributed by atoms with E-state index in [1.807, 2.05) is 12.1 Å². The van der Waals surface area contributed by atoms with E-state index in [1.54, 1.807) is 70.5 Å². The SMILES string of the molecule is COc1ccccc1/C=C(/NC(=O)C(C)(C)C)C(=O)Nc1ccccn1. The van der Waals surface area contributed by atoms with E-state index in [-0.39, 0.29) is 11.6 Å². The number of amides is 2. The van der Waals surface area contributed by atoms with Gasteiger partial charge in [-0.25, -0.2) is 4.98 Å². The molecule has 0 aliphatic heterocycles.